The molecule has 1 aromatic carbocycles. The van der Waals surface area contributed by atoms with Gasteiger partial charge >= 0.3 is 0 Å². The summed E-state index contributed by atoms with van der Waals surface area (Å²) in [7, 11) is 0. The highest BCUT2D eigenvalue weighted by Gasteiger charge is 1.98. The van der Waals surface area contributed by atoms with Gasteiger partial charge in [-0.2, -0.15) is 0 Å². The number of rotatable bonds is 1. The van der Waals surface area contributed by atoms with E-state index in [1.54, 1.807) is 6.08 Å². The summed E-state index contributed by atoms with van der Waals surface area (Å²) in [5.74, 6) is 0.318. The first kappa shape index (κ1) is 7.60. The van der Waals surface area contributed by atoms with Crippen molar-refractivity contribution < 1.29 is 5.11 Å². The molecule has 0 amide bonds. The minimum atomic E-state index is 0.318. The van der Waals surface area contributed by atoms with E-state index in [1.165, 1.54) is 0 Å². The van der Waals surface area contributed by atoms with E-state index in [-0.39, 0.29) is 0 Å². The van der Waals surface area contributed by atoms with Gasteiger partial charge in [-0.15, -0.1) is 0 Å². The lowest BCUT2D eigenvalue weighted by Gasteiger charge is -1.98. The number of phenols is 1. The Kier molecular flexibility index (Phi) is 2.32. The zero-order valence-corrected chi connectivity index (χ0v) is 7.50. The lowest BCUT2D eigenvalue weighted by molar-refractivity contribution is 0.470. The maximum atomic E-state index is 9.32. The Morgan fingerprint density at radius 2 is 2.20 bits per heavy atom. The smallest absolute Gasteiger partial charge is 0.136 e. The van der Waals surface area contributed by atoms with E-state index >= 15 is 0 Å². The standard InChI is InChI=1S/C8H7IO/c1-2-6-4-3-5-7(9)8(6)10/h2-5,10H,1H2. The van der Waals surface area contributed by atoms with Gasteiger partial charge in [0, 0.05) is 5.56 Å². The Morgan fingerprint density at radius 3 is 2.70 bits per heavy atom. The molecule has 1 N–H and O–H groups in total. The van der Waals surface area contributed by atoms with Gasteiger partial charge in [-0.3, -0.25) is 0 Å². The van der Waals surface area contributed by atoms with Gasteiger partial charge in [-0.1, -0.05) is 24.8 Å². The summed E-state index contributed by atoms with van der Waals surface area (Å²) in [6.07, 6.45) is 1.64. The van der Waals surface area contributed by atoms with Crippen LogP contribution in [0.15, 0.2) is 24.8 Å². The van der Waals surface area contributed by atoms with Crippen LogP contribution in [0.25, 0.3) is 6.08 Å². The van der Waals surface area contributed by atoms with E-state index in [2.05, 4.69) is 29.2 Å². The summed E-state index contributed by atoms with van der Waals surface area (Å²) in [5, 5.41) is 9.32. The molecule has 0 aliphatic rings. The molecule has 1 nitrogen and oxygen atoms in total. The van der Waals surface area contributed by atoms with Crippen LogP contribution in [0.5, 0.6) is 5.75 Å². The van der Waals surface area contributed by atoms with Gasteiger partial charge in [-0.25, -0.2) is 0 Å². The van der Waals surface area contributed by atoms with E-state index in [9.17, 15) is 5.11 Å². The summed E-state index contributed by atoms with van der Waals surface area (Å²) in [6.45, 7) is 3.57. The molecule has 0 aliphatic heterocycles. The summed E-state index contributed by atoms with van der Waals surface area (Å²) < 4.78 is 0.856. The van der Waals surface area contributed by atoms with Crippen LogP contribution < -0.4 is 0 Å². The van der Waals surface area contributed by atoms with Crippen LogP contribution in [0.4, 0.5) is 0 Å². The largest absolute Gasteiger partial charge is 0.506 e. The highest BCUT2D eigenvalue weighted by molar-refractivity contribution is 14.1. The molecule has 0 saturated heterocycles. The van der Waals surface area contributed by atoms with Gasteiger partial charge in [0.05, 0.1) is 3.57 Å². The third kappa shape index (κ3) is 1.31. The van der Waals surface area contributed by atoms with Crippen molar-refractivity contribution in [2.24, 2.45) is 0 Å². The monoisotopic (exact) mass is 246 g/mol. The quantitative estimate of drug-likeness (QED) is 0.755. The van der Waals surface area contributed by atoms with Crippen molar-refractivity contribution in [3.05, 3.63) is 33.9 Å². The fraction of sp³-hybridized carbons (Fsp3) is 0. The van der Waals surface area contributed by atoms with Gasteiger partial charge < -0.3 is 5.11 Å². The number of phenolic OH excluding ortho intramolecular Hbond substituents is 1. The molecular formula is C8H7IO. The Balaban J connectivity index is 3.27. The predicted molar refractivity (Wildman–Crippen MR) is 50.9 cm³/mol. The van der Waals surface area contributed by atoms with Gasteiger partial charge in [0.25, 0.3) is 0 Å². The number of hydrogen-bond donors (Lipinski definition) is 1. The second-order valence-corrected chi connectivity index (χ2v) is 3.04. The first-order valence-electron chi connectivity index (χ1n) is 2.85. The lowest BCUT2D eigenvalue weighted by Crippen LogP contribution is -1.76. The lowest BCUT2D eigenvalue weighted by atomic mass is 10.2. The molecule has 0 saturated carbocycles. The van der Waals surface area contributed by atoms with Gasteiger partial charge in [0.2, 0.25) is 0 Å². The Labute approximate surface area is 73.5 Å². The zero-order chi connectivity index (χ0) is 7.56. The highest BCUT2D eigenvalue weighted by Crippen LogP contribution is 2.24. The summed E-state index contributed by atoms with van der Waals surface area (Å²) in [4.78, 5) is 0. The molecule has 1 rings (SSSR count). The minimum Gasteiger partial charge on any atom is -0.506 e. The Bertz CT molecular complexity index is 255. The maximum Gasteiger partial charge on any atom is 0.136 e. The van der Waals surface area contributed by atoms with Crippen molar-refractivity contribution >= 4 is 28.7 Å². The Hall–Kier alpha value is -0.510. The first-order chi connectivity index (χ1) is 4.75. The molecule has 0 heterocycles. The van der Waals surface area contributed by atoms with E-state index in [1.807, 2.05) is 18.2 Å². The Morgan fingerprint density at radius 1 is 1.50 bits per heavy atom. The molecule has 0 atom stereocenters. The van der Waals surface area contributed by atoms with Crippen molar-refractivity contribution in [2.75, 3.05) is 0 Å². The van der Waals surface area contributed by atoms with Crippen LogP contribution in [0.2, 0.25) is 0 Å². The van der Waals surface area contributed by atoms with Crippen LogP contribution in [0.1, 0.15) is 5.56 Å². The molecular weight excluding hydrogens is 239 g/mol. The van der Waals surface area contributed by atoms with Crippen molar-refractivity contribution in [3.63, 3.8) is 0 Å². The van der Waals surface area contributed by atoms with Gasteiger partial charge in [0.15, 0.2) is 0 Å². The summed E-state index contributed by atoms with van der Waals surface area (Å²) in [5.41, 5.74) is 0.784. The van der Waals surface area contributed by atoms with Gasteiger partial charge in [-0.05, 0) is 28.7 Å². The molecule has 0 unspecified atom stereocenters. The zero-order valence-electron chi connectivity index (χ0n) is 5.34. The molecule has 0 fully saturated rings. The van der Waals surface area contributed by atoms with Crippen LogP contribution in [0.3, 0.4) is 0 Å². The number of para-hydroxylation sites is 1. The van der Waals surface area contributed by atoms with Crippen LogP contribution in [-0.4, -0.2) is 5.11 Å². The molecule has 52 valence electrons. The molecule has 2 heteroatoms. The average Bonchev–Trinajstić information content (AvgIpc) is 1.95. The van der Waals surface area contributed by atoms with Crippen molar-refractivity contribution in [2.45, 2.75) is 0 Å². The second-order valence-electron chi connectivity index (χ2n) is 1.88. The molecule has 0 spiro atoms. The van der Waals surface area contributed by atoms with Gasteiger partial charge in [0.1, 0.15) is 5.75 Å². The van der Waals surface area contributed by atoms with Crippen LogP contribution in [-0.2, 0) is 0 Å². The van der Waals surface area contributed by atoms with E-state index in [0.29, 0.717) is 5.75 Å². The van der Waals surface area contributed by atoms with Crippen LogP contribution in [0, 0.1) is 3.57 Å². The molecule has 0 bridgehead atoms. The minimum absolute atomic E-state index is 0.318. The number of aromatic hydroxyl groups is 1. The predicted octanol–water partition coefficient (Wildman–Crippen LogP) is 2.64. The number of halogens is 1. The molecule has 0 aromatic heterocycles. The number of hydrogen-bond acceptors (Lipinski definition) is 1. The SMILES string of the molecule is C=Cc1cccc(I)c1O. The van der Waals surface area contributed by atoms with Crippen molar-refractivity contribution in [1.29, 1.82) is 0 Å². The normalized spacial score (nSPS) is 9.30. The molecule has 1 aromatic rings. The molecule has 10 heavy (non-hydrogen) atoms. The molecule has 0 aliphatic carbocycles. The van der Waals surface area contributed by atoms with E-state index < -0.39 is 0 Å². The average molecular weight is 246 g/mol. The van der Waals surface area contributed by atoms with E-state index in [0.717, 1.165) is 9.13 Å². The highest BCUT2D eigenvalue weighted by atomic mass is 127. The third-order valence-corrected chi connectivity index (χ3v) is 2.11. The van der Waals surface area contributed by atoms with Crippen molar-refractivity contribution in [1.82, 2.24) is 0 Å². The fourth-order valence-corrected chi connectivity index (χ4v) is 1.22. The fourth-order valence-electron chi connectivity index (χ4n) is 0.697. The van der Waals surface area contributed by atoms with E-state index in [4.69, 9.17) is 0 Å². The topological polar surface area (TPSA) is 20.2 Å². The first-order valence-corrected chi connectivity index (χ1v) is 3.93. The maximum absolute atomic E-state index is 9.32. The molecule has 0 radical (unpaired) electrons. The summed E-state index contributed by atoms with van der Waals surface area (Å²) >= 11 is 2.08. The second kappa shape index (κ2) is 3.05. The van der Waals surface area contributed by atoms with Crippen molar-refractivity contribution in [3.8, 4) is 5.75 Å². The third-order valence-electron chi connectivity index (χ3n) is 1.24. The van der Waals surface area contributed by atoms with Crippen LogP contribution >= 0.6 is 22.6 Å². The number of benzene rings is 1. The summed E-state index contributed by atoms with van der Waals surface area (Å²) in [6, 6.07) is 5.56.